The number of aryl methyl sites for hydroxylation is 1. The summed E-state index contributed by atoms with van der Waals surface area (Å²) in [6.07, 6.45) is 3.56. The van der Waals surface area contributed by atoms with E-state index in [1.165, 1.54) is 23.6 Å². The molecule has 2 aromatic rings. The fourth-order valence-corrected chi connectivity index (χ4v) is 2.87. The molecule has 0 fully saturated rings. The maximum Gasteiger partial charge on any atom is 0.146 e. The van der Waals surface area contributed by atoms with Gasteiger partial charge in [-0.15, -0.1) is 0 Å². The van der Waals surface area contributed by atoms with Gasteiger partial charge < -0.3 is 10.1 Å². The zero-order valence-electron chi connectivity index (χ0n) is 12.0. The molecule has 0 saturated heterocycles. The molecular weight excluding hydrogens is 265 g/mol. The highest BCUT2D eigenvalue weighted by Gasteiger charge is 2.19. The van der Waals surface area contributed by atoms with Gasteiger partial charge in [-0.1, -0.05) is 36.4 Å². The molecule has 2 nitrogen and oxygen atoms in total. The van der Waals surface area contributed by atoms with Crippen molar-refractivity contribution in [2.45, 2.75) is 25.4 Å². The molecule has 0 radical (unpaired) electrons. The second-order valence-electron chi connectivity index (χ2n) is 5.36. The predicted octanol–water partition coefficient (Wildman–Crippen LogP) is 4.33. The third-order valence-corrected chi connectivity index (χ3v) is 3.92. The Labute approximate surface area is 125 Å². The van der Waals surface area contributed by atoms with Crippen LogP contribution in [-0.4, -0.2) is 13.2 Å². The molecule has 21 heavy (non-hydrogen) atoms. The lowest BCUT2D eigenvalue weighted by atomic mass is 9.89. The van der Waals surface area contributed by atoms with Crippen molar-refractivity contribution in [1.82, 2.24) is 0 Å². The van der Waals surface area contributed by atoms with Gasteiger partial charge in [0.1, 0.15) is 5.82 Å². The molecule has 0 heterocycles. The summed E-state index contributed by atoms with van der Waals surface area (Å²) in [6.45, 7) is 1.19. The summed E-state index contributed by atoms with van der Waals surface area (Å²) in [5, 5.41) is 3.08. The summed E-state index contributed by atoms with van der Waals surface area (Å²) in [5.74, 6) is -0.222. The van der Waals surface area contributed by atoms with Gasteiger partial charge in [0, 0.05) is 6.54 Å². The van der Waals surface area contributed by atoms with Crippen molar-refractivity contribution in [3.63, 3.8) is 0 Å². The molecule has 0 amide bonds. The molecular formula is C18H20FNO. The average Bonchev–Trinajstić information content (AvgIpc) is 2.53. The number of benzene rings is 2. The van der Waals surface area contributed by atoms with Gasteiger partial charge in [-0.3, -0.25) is 0 Å². The third kappa shape index (κ3) is 3.42. The Balaban J connectivity index is 1.52. The van der Waals surface area contributed by atoms with E-state index in [1.807, 2.05) is 6.07 Å². The number of halogens is 1. The molecule has 1 aliphatic rings. The van der Waals surface area contributed by atoms with Crippen molar-refractivity contribution in [3.8, 4) is 0 Å². The minimum atomic E-state index is -0.222. The maximum atomic E-state index is 13.5. The van der Waals surface area contributed by atoms with Gasteiger partial charge in [-0.2, -0.15) is 0 Å². The van der Waals surface area contributed by atoms with Crippen LogP contribution in [-0.2, 0) is 11.2 Å². The van der Waals surface area contributed by atoms with Crippen LogP contribution in [0.2, 0.25) is 0 Å². The maximum absolute atomic E-state index is 13.5. The van der Waals surface area contributed by atoms with E-state index in [0.717, 1.165) is 12.8 Å². The summed E-state index contributed by atoms with van der Waals surface area (Å²) in [4.78, 5) is 0. The second-order valence-corrected chi connectivity index (χ2v) is 5.36. The fourth-order valence-electron chi connectivity index (χ4n) is 2.87. The van der Waals surface area contributed by atoms with Gasteiger partial charge in [0.15, 0.2) is 0 Å². The molecule has 3 rings (SSSR count). The van der Waals surface area contributed by atoms with Gasteiger partial charge >= 0.3 is 0 Å². The number of rotatable bonds is 5. The van der Waals surface area contributed by atoms with E-state index in [2.05, 4.69) is 29.6 Å². The first-order valence-electron chi connectivity index (χ1n) is 7.52. The predicted molar refractivity (Wildman–Crippen MR) is 83.0 cm³/mol. The van der Waals surface area contributed by atoms with E-state index >= 15 is 0 Å². The number of ether oxygens (including phenoxy) is 1. The molecule has 0 aliphatic heterocycles. The Kier molecular flexibility index (Phi) is 4.51. The van der Waals surface area contributed by atoms with Crippen LogP contribution >= 0.6 is 0 Å². The van der Waals surface area contributed by atoms with Crippen molar-refractivity contribution < 1.29 is 9.13 Å². The molecule has 1 aliphatic carbocycles. The van der Waals surface area contributed by atoms with Gasteiger partial charge in [-0.25, -0.2) is 4.39 Å². The second kappa shape index (κ2) is 6.72. The molecule has 3 heteroatoms. The minimum absolute atomic E-state index is 0.178. The van der Waals surface area contributed by atoms with Gasteiger partial charge in [0.25, 0.3) is 0 Å². The standard InChI is InChI=1S/C18H20FNO/c19-16-9-3-4-10-17(16)20-12-13-21-18-11-5-7-14-6-1-2-8-15(14)18/h1-4,6,8-10,18,20H,5,7,11-13H2. The summed E-state index contributed by atoms with van der Waals surface area (Å²) in [6, 6.07) is 15.2. The zero-order chi connectivity index (χ0) is 14.5. The van der Waals surface area contributed by atoms with Crippen molar-refractivity contribution in [2.75, 3.05) is 18.5 Å². The normalized spacial score (nSPS) is 17.3. The number of anilines is 1. The van der Waals surface area contributed by atoms with Crippen LogP contribution in [0, 0.1) is 5.82 Å². The molecule has 110 valence electrons. The van der Waals surface area contributed by atoms with E-state index < -0.39 is 0 Å². The van der Waals surface area contributed by atoms with Crippen molar-refractivity contribution in [2.24, 2.45) is 0 Å². The Morgan fingerprint density at radius 2 is 1.90 bits per heavy atom. The smallest absolute Gasteiger partial charge is 0.146 e. The topological polar surface area (TPSA) is 21.3 Å². The summed E-state index contributed by atoms with van der Waals surface area (Å²) in [5.41, 5.74) is 3.25. The van der Waals surface area contributed by atoms with E-state index in [0.29, 0.717) is 18.8 Å². The summed E-state index contributed by atoms with van der Waals surface area (Å²) < 4.78 is 19.5. The average molecular weight is 285 g/mol. The highest BCUT2D eigenvalue weighted by molar-refractivity contribution is 5.44. The SMILES string of the molecule is Fc1ccccc1NCCOC1CCCc2ccccc21. The first kappa shape index (κ1) is 14.1. The monoisotopic (exact) mass is 285 g/mol. The summed E-state index contributed by atoms with van der Waals surface area (Å²) in [7, 11) is 0. The largest absolute Gasteiger partial charge is 0.380 e. The van der Waals surface area contributed by atoms with Crippen LogP contribution < -0.4 is 5.32 Å². The number of fused-ring (bicyclic) bond motifs is 1. The number of nitrogens with one attached hydrogen (secondary N) is 1. The van der Waals surface area contributed by atoms with E-state index in [1.54, 1.807) is 12.1 Å². The molecule has 0 bridgehead atoms. The molecule has 0 saturated carbocycles. The number of para-hydroxylation sites is 1. The Morgan fingerprint density at radius 1 is 1.10 bits per heavy atom. The lowest BCUT2D eigenvalue weighted by molar-refractivity contribution is 0.0476. The summed E-state index contributed by atoms with van der Waals surface area (Å²) >= 11 is 0. The highest BCUT2D eigenvalue weighted by Crippen LogP contribution is 2.32. The highest BCUT2D eigenvalue weighted by atomic mass is 19.1. The molecule has 1 atom stereocenters. The van der Waals surface area contributed by atoms with Gasteiger partial charge in [-0.05, 0) is 42.5 Å². The third-order valence-electron chi connectivity index (χ3n) is 3.92. The van der Waals surface area contributed by atoms with Crippen LogP contribution in [0.3, 0.4) is 0 Å². The van der Waals surface area contributed by atoms with Crippen LogP contribution in [0.1, 0.15) is 30.1 Å². The molecule has 2 aromatic carbocycles. The molecule has 1 N–H and O–H groups in total. The van der Waals surface area contributed by atoms with Crippen LogP contribution in [0.5, 0.6) is 0 Å². The van der Waals surface area contributed by atoms with Crippen molar-refractivity contribution >= 4 is 5.69 Å². The van der Waals surface area contributed by atoms with E-state index in [4.69, 9.17) is 4.74 Å². The van der Waals surface area contributed by atoms with Crippen molar-refractivity contribution in [3.05, 3.63) is 65.5 Å². The molecule has 1 unspecified atom stereocenters. The first-order valence-corrected chi connectivity index (χ1v) is 7.52. The Hall–Kier alpha value is -1.87. The van der Waals surface area contributed by atoms with Crippen LogP contribution in [0.15, 0.2) is 48.5 Å². The molecule has 0 aromatic heterocycles. The van der Waals surface area contributed by atoms with Crippen LogP contribution in [0.4, 0.5) is 10.1 Å². The van der Waals surface area contributed by atoms with Gasteiger partial charge in [0.2, 0.25) is 0 Å². The van der Waals surface area contributed by atoms with Crippen LogP contribution in [0.25, 0.3) is 0 Å². The fraction of sp³-hybridized carbons (Fsp3) is 0.333. The number of hydrogen-bond donors (Lipinski definition) is 1. The van der Waals surface area contributed by atoms with E-state index in [9.17, 15) is 4.39 Å². The van der Waals surface area contributed by atoms with Gasteiger partial charge in [0.05, 0.1) is 18.4 Å². The minimum Gasteiger partial charge on any atom is -0.380 e. The quantitative estimate of drug-likeness (QED) is 0.825. The lowest BCUT2D eigenvalue weighted by Crippen LogP contribution is -2.17. The van der Waals surface area contributed by atoms with E-state index in [-0.39, 0.29) is 11.9 Å². The number of hydrogen-bond acceptors (Lipinski definition) is 2. The Morgan fingerprint density at radius 3 is 2.81 bits per heavy atom. The first-order chi connectivity index (χ1) is 10.3. The lowest BCUT2D eigenvalue weighted by Gasteiger charge is -2.25. The molecule has 0 spiro atoms. The Bertz CT molecular complexity index is 599. The van der Waals surface area contributed by atoms with Crippen molar-refractivity contribution in [1.29, 1.82) is 0 Å². The zero-order valence-corrected chi connectivity index (χ0v) is 12.0.